The molecule has 1 aliphatic heterocycles. The van der Waals surface area contributed by atoms with Gasteiger partial charge >= 0.3 is 6.92 Å². The van der Waals surface area contributed by atoms with Gasteiger partial charge in [-0.1, -0.05) is 23.8 Å². The number of rotatable bonds is 4. The Morgan fingerprint density at radius 2 is 1.83 bits per heavy atom. The van der Waals surface area contributed by atoms with E-state index < -0.39 is 15.6 Å². The van der Waals surface area contributed by atoms with Crippen LogP contribution in [0.4, 0.5) is 0 Å². The van der Waals surface area contributed by atoms with Gasteiger partial charge in [0.05, 0.1) is 17.6 Å². The molecule has 2 aromatic carbocycles. The smallest absolute Gasteiger partial charge is 0.332 e. The van der Waals surface area contributed by atoms with Gasteiger partial charge < -0.3 is 9.39 Å². The third kappa shape index (κ3) is 3.20. The summed E-state index contributed by atoms with van der Waals surface area (Å²) in [6, 6.07) is 12.8. The first-order chi connectivity index (χ1) is 11.2. The lowest BCUT2D eigenvalue weighted by Crippen LogP contribution is -2.32. The predicted octanol–water partition coefficient (Wildman–Crippen LogP) is 1.59. The summed E-state index contributed by atoms with van der Waals surface area (Å²) >= 11 is 0. The van der Waals surface area contributed by atoms with Gasteiger partial charge in [0.25, 0.3) is 0 Å². The lowest BCUT2D eigenvalue weighted by molar-refractivity contribution is 0.122. The fourth-order valence-corrected chi connectivity index (χ4v) is 3.66. The van der Waals surface area contributed by atoms with Crippen LogP contribution in [0.25, 0.3) is 0 Å². The molecule has 126 valence electrons. The van der Waals surface area contributed by atoms with E-state index in [0.717, 1.165) is 22.3 Å². The molecule has 0 aliphatic carbocycles. The van der Waals surface area contributed by atoms with Crippen LogP contribution < -0.4 is 15.3 Å². The third-order valence-electron chi connectivity index (χ3n) is 4.37. The van der Waals surface area contributed by atoms with Crippen molar-refractivity contribution in [2.24, 2.45) is 5.14 Å². The molecule has 1 heterocycles. The summed E-state index contributed by atoms with van der Waals surface area (Å²) in [5.41, 5.74) is 2.43. The van der Waals surface area contributed by atoms with E-state index in [1.165, 1.54) is 0 Å². The van der Waals surface area contributed by atoms with E-state index in [9.17, 15) is 8.42 Å². The average molecular weight is 345 g/mol. The van der Waals surface area contributed by atoms with Gasteiger partial charge in [0.15, 0.2) is 0 Å². The van der Waals surface area contributed by atoms with Crippen molar-refractivity contribution in [3.8, 4) is 5.75 Å². The minimum Gasteiger partial charge on any atom is -0.497 e. The highest BCUT2D eigenvalue weighted by molar-refractivity contribution is 7.89. The first-order valence-electron chi connectivity index (χ1n) is 7.69. The number of methoxy groups -OCH3 is 1. The molecule has 0 unspecified atom stereocenters. The number of sulfonamides is 1. The lowest BCUT2D eigenvalue weighted by atomic mass is 9.57. The molecule has 5 nitrogen and oxygen atoms in total. The molecule has 0 radical (unpaired) electrons. The van der Waals surface area contributed by atoms with Crippen molar-refractivity contribution in [1.82, 2.24) is 0 Å². The standard InChI is InChI=1S/C17H20BNO4S/c1-17(2)15-10-14(24(19,20)21)8-9-16(15)18(23-17)11-12-4-6-13(22-3)7-5-12/h4-10H,11H2,1-3H3,(H2,19,20,21). The molecule has 0 saturated heterocycles. The Hall–Kier alpha value is -1.83. The molecule has 2 aromatic rings. The fraction of sp³-hybridized carbons (Fsp3) is 0.294. The molecule has 24 heavy (non-hydrogen) atoms. The minimum atomic E-state index is -3.73. The van der Waals surface area contributed by atoms with Crippen LogP contribution >= 0.6 is 0 Å². The highest BCUT2D eigenvalue weighted by Gasteiger charge is 2.40. The van der Waals surface area contributed by atoms with Crippen LogP contribution in [0.2, 0.25) is 0 Å². The first-order valence-corrected chi connectivity index (χ1v) is 9.23. The number of hydrogen-bond acceptors (Lipinski definition) is 4. The molecule has 1 aliphatic rings. The topological polar surface area (TPSA) is 78.6 Å². The van der Waals surface area contributed by atoms with Gasteiger partial charge in [-0.2, -0.15) is 0 Å². The van der Waals surface area contributed by atoms with Crippen molar-refractivity contribution in [2.45, 2.75) is 30.7 Å². The van der Waals surface area contributed by atoms with Gasteiger partial charge in [0.1, 0.15) is 5.75 Å². The molecule has 0 atom stereocenters. The summed E-state index contributed by atoms with van der Waals surface area (Å²) in [4.78, 5) is 0.114. The third-order valence-corrected chi connectivity index (χ3v) is 5.28. The number of fused-ring (bicyclic) bond motifs is 1. The Kier molecular flexibility index (Phi) is 4.19. The van der Waals surface area contributed by atoms with Crippen molar-refractivity contribution >= 4 is 22.4 Å². The van der Waals surface area contributed by atoms with Gasteiger partial charge in [-0.15, -0.1) is 0 Å². The molecular weight excluding hydrogens is 325 g/mol. The zero-order valence-electron chi connectivity index (χ0n) is 13.9. The Morgan fingerprint density at radius 1 is 1.17 bits per heavy atom. The van der Waals surface area contributed by atoms with E-state index in [1.807, 2.05) is 38.1 Å². The number of primary sulfonamides is 1. The van der Waals surface area contributed by atoms with Crippen molar-refractivity contribution in [3.63, 3.8) is 0 Å². The second-order valence-corrected chi connectivity index (χ2v) is 8.02. The van der Waals surface area contributed by atoms with E-state index in [2.05, 4.69) is 0 Å². The maximum Gasteiger partial charge on any atom is 0.332 e. The van der Waals surface area contributed by atoms with Gasteiger partial charge in [0.2, 0.25) is 10.0 Å². The second-order valence-electron chi connectivity index (χ2n) is 6.46. The second kappa shape index (κ2) is 5.91. The molecule has 0 saturated carbocycles. The number of hydrogen-bond donors (Lipinski definition) is 1. The molecule has 2 N–H and O–H groups in total. The van der Waals surface area contributed by atoms with E-state index in [-0.39, 0.29) is 11.8 Å². The molecule has 0 spiro atoms. The highest BCUT2D eigenvalue weighted by Crippen LogP contribution is 2.32. The minimum absolute atomic E-state index is 0.114. The maximum atomic E-state index is 11.6. The van der Waals surface area contributed by atoms with E-state index in [1.54, 1.807) is 25.3 Å². The van der Waals surface area contributed by atoms with Gasteiger partial charge in [-0.25, -0.2) is 13.6 Å². The Balaban J connectivity index is 1.93. The first kappa shape index (κ1) is 17.0. The fourth-order valence-electron chi connectivity index (χ4n) is 3.12. The largest absolute Gasteiger partial charge is 0.497 e. The summed E-state index contributed by atoms with van der Waals surface area (Å²) in [7, 11) is -2.09. The average Bonchev–Trinajstić information content (AvgIpc) is 2.78. The molecule has 7 heteroatoms. The quantitative estimate of drug-likeness (QED) is 0.854. The zero-order chi connectivity index (χ0) is 17.5. The van der Waals surface area contributed by atoms with Crippen molar-refractivity contribution < 1.29 is 17.8 Å². The van der Waals surface area contributed by atoms with Crippen LogP contribution in [0.1, 0.15) is 25.0 Å². The predicted molar refractivity (Wildman–Crippen MR) is 94.0 cm³/mol. The van der Waals surface area contributed by atoms with Crippen LogP contribution in [0.15, 0.2) is 47.4 Å². The summed E-state index contributed by atoms with van der Waals surface area (Å²) < 4.78 is 34.6. The summed E-state index contributed by atoms with van der Waals surface area (Å²) in [6.07, 6.45) is 0.704. The van der Waals surface area contributed by atoms with Crippen LogP contribution in [0, 0.1) is 0 Å². The van der Waals surface area contributed by atoms with Crippen LogP contribution in [-0.4, -0.2) is 22.4 Å². The van der Waals surface area contributed by atoms with Gasteiger partial charge in [0, 0.05) is 0 Å². The normalized spacial score (nSPS) is 16.1. The summed E-state index contributed by atoms with van der Waals surface area (Å²) in [5, 5.41) is 5.24. The number of benzene rings is 2. The van der Waals surface area contributed by atoms with E-state index in [0.29, 0.717) is 6.32 Å². The SMILES string of the molecule is COc1ccc(CB2OC(C)(C)c3cc(S(N)(=O)=O)ccc32)cc1. The van der Waals surface area contributed by atoms with Crippen molar-refractivity contribution in [1.29, 1.82) is 0 Å². The van der Waals surface area contributed by atoms with E-state index in [4.69, 9.17) is 14.5 Å². The molecule has 0 fully saturated rings. The molecule has 0 aromatic heterocycles. The van der Waals surface area contributed by atoms with Gasteiger partial charge in [-0.05, 0) is 55.5 Å². The van der Waals surface area contributed by atoms with Crippen molar-refractivity contribution in [2.75, 3.05) is 7.11 Å². The van der Waals surface area contributed by atoms with Gasteiger partial charge in [-0.3, -0.25) is 0 Å². The lowest BCUT2D eigenvalue weighted by Gasteiger charge is -2.21. The monoisotopic (exact) mass is 345 g/mol. The highest BCUT2D eigenvalue weighted by atomic mass is 32.2. The Labute approximate surface area is 142 Å². The molecule has 0 amide bonds. The zero-order valence-corrected chi connectivity index (χ0v) is 14.8. The molecule has 3 rings (SSSR count). The van der Waals surface area contributed by atoms with E-state index >= 15 is 0 Å². The molecular formula is C17H20BNO4S. The Morgan fingerprint density at radius 3 is 2.42 bits per heavy atom. The number of nitrogens with two attached hydrogens (primary N) is 1. The maximum absolute atomic E-state index is 11.6. The Bertz CT molecular complexity index is 863. The van der Waals surface area contributed by atoms with Crippen molar-refractivity contribution in [3.05, 3.63) is 53.6 Å². The summed E-state index contributed by atoms with van der Waals surface area (Å²) in [5.74, 6) is 0.810. The summed E-state index contributed by atoms with van der Waals surface area (Å²) in [6.45, 7) is 3.75. The number of ether oxygens (including phenoxy) is 1. The van der Waals surface area contributed by atoms with Crippen LogP contribution in [0.5, 0.6) is 5.75 Å². The van der Waals surface area contributed by atoms with Crippen LogP contribution in [0.3, 0.4) is 0 Å². The molecule has 0 bridgehead atoms. The van der Waals surface area contributed by atoms with Crippen LogP contribution in [-0.2, 0) is 26.6 Å².